The van der Waals surface area contributed by atoms with Crippen molar-refractivity contribution in [2.75, 3.05) is 6.54 Å². The van der Waals surface area contributed by atoms with E-state index in [1.165, 1.54) is 5.56 Å². The number of carbonyl (C=O) groups is 1. The van der Waals surface area contributed by atoms with Gasteiger partial charge in [0.2, 0.25) is 5.91 Å². The Hall–Kier alpha value is -1.10. The Labute approximate surface area is 138 Å². The molecule has 0 aliphatic heterocycles. The third kappa shape index (κ3) is 5.95. The van der Waals surface area contributed by atoms with Gasteiger partial charge in [-0.15, -0.1) is 12.4 Å². The number of halogens is 1. The maximum atomic E-state index is 12.0. The Morgan fingerprint density at radius 3 is 2.64 bits per heavy atom. The van der Waals surface area contributed by atoms with Crippen LogP contribution < -0.4 is 11.1 Å². The number of nitrogens with one attached hydrogen (secondary N) is 1. The number of aliphatic hydroxyl groups is 1. The molecule has 3 atom stereocenters. The predicted molar refractivity (Wildman–Crippen MR) is 91.0 cm³/mol. The first-order chi connectivity index (χ1) is 10.2. The fourth-order valence-electron chi connectivity index (χ4n) is 2.86. The number of unbranched alkanes of at least 4 members (excludes halogenated alkanes) is 1. The van der Waals surface area contributed by atoms with Gasteiger partial charge in [0.15, 0.2) is 0 Å². The van der Waals surface area contributed by atoms with Crippen LogP contribution in [0.15, 0.2) is 30.3 Å². The Morgan fingerprint density at radius 1 is 1.23 bits per heavy atom. The zero-order valence-corrected chi connectivity index (χ0v) is 13.7. The zero-order chi connectivity index (χ0) is 15.1. The van der Waals surface area contributed by atoms with Gasteiger partial charge in [0, 0.05) is 18.5 Å². The number of carbonyl (C=O) groups excluding carboxylic acids is 1. The van der Waals surface area contributed by atoms with Crippen LogP contribution in [0.5, 0.6) is 0 Å². The van der Waals surface area contributed by atoms with E-state index in [0.717, 1.165) is 32.1 Å². The van der Waals surface area contributed by atoms with E-state index in [-0.39, 0.29) is 30.3 Å². The number of rotatable bonds is 6. The standard InChI is InChI=1S/C17H26N2O2.ClH/c18-15-10-9-14(12-16(15)20)17(21)19-11-5-4-8-13-6-2-1-3-7-13;/h1-3,6-7,14-16,20H,4-5,8-12,18H2,(H,19,21);1H/t14-,15+,16+;/m0./s1. The summed E-state index contributed by atoms with van der Waals surface area (Å²) in [6, 6.07) is 10.2. The Morgan fingerprint density at radius 2 is 1.95 bits per heavy atom. The highest BCUT2D eigenvalue weighted by molar-refractivity contribution is 5.85. The third-order valence-electron chi connectivity index (χ3n) is 4.27. The van der Waals surface area contributed by atoms with Crippen molar-refractivity contribution in [3.8, 4) is 0 Å². The van der Waals surface area contributed by atoms with E-state index in [1.807, 2.05) is 6.07 Å². The number of nitrogens with two attached hydrogens (primary N) is 1. The van der Waals surface area contributed by atoms with Crippen molar-refractivity contribution >= 4 is 18.3 Å². The number of hydrogen-bond donors (Lipinski definition) is 3. The summed E-state index contributed by atoms with van der Waals surface area (Å²) >= 11 is 0. The number of aliphatic hydroxyl groups excluding tert-OH is 1. The van der Waals surface area contributed by atoms with Gasteiger partial charge in [-0.05, 0) is 44.1 Å². The normalized spacial score (nSPS) is 24.4. The van der Waals surface area contributed by atoms with Crippen molar-refractivity contribution in [1.82, 2.24) is 5.32 Å². The Bertz CT molecular complexity index is 442. The van der Waals surface area contributed by atoms with E-state index in [0.29, 0.717) is 13.0 Å². The molecule has 1 saturated carbocycles. The molecule has 5 heteroatoms. The van der Waals surface area contributed by atoms with E-state index in [9.17, 15) is 9.90 Å². The monoisotopic (exact) mass is 326 g/mol. The fraction of sp³-hybridized carbons (Fsp3) is 0.588. The van der Waals surface area contributed by atoms with Gasteiger partial charge in [-0.2, -0.15) is 0 Å². The average Bonchev–Trinajstić information content (AvgIpc) is 2.50. The molecule has 0 radical (unpaired) electrons. The summed E-state index contributed by atoms with van der Waals surface area (Å²) < 4.78 is 0. The summed E-state index contributed by atoms with van der Waals surface area (Å²) in [4.78, 5) is 12.0. The molecule has 0 unspecified atom stereocenters. The van der Waals surface area contributed by atoms with E-state index in [2.05, 4.69) is 29.6 Å². The Balaban J connectivity index is 0.00000242. The summed E-state index contributed by atoms with van der Waals surface area (Å²) in [5.41, 5.74) is 7.09. The molecule has 2 rings (SSSR count). The molecule has 1 aromatic rings. The van der Waals surface area contributed by atoms with Gasteiger partial charge in [0.25, 0.3) is 0 Å². The van der Waals surface area contributed by atoms with Crippen molar-refractivity contribution < 1.29 is 9.90 Å². The second-order valence-corrected chi connectivity index (χ2v) is 5.97. The van der Waals surface area contributed by atoms with Crippen molar-refractivity contribution in [2.24, 2.45) is 11.7 Å². The number of hydrogen-bond acceptors (Lipinski definition) is 3. The van der Waals surface area contributed by atoms with Gasteiger partial charge in [0.1, 0.15) is 0 Å². The van der Waals surface area contributed by atoms with Gasteiger partial charge in [-0.25, -0.2) is 0 Å². The molecule has 22 heavy (non-hydrogen) atoms. The molecule has 124 valence electrons. The third-order valence-corrected chi connectivity index (χ3v) is 4.27. The van der Waals surface area contributed by atoms with Crippen molar-refractivity contribution in [3.63, 3.8) is 0 Å². The van der Waals surface area contributed by atoms with E-state index in [1.54, 1.807) is 0 Å². The summed E-state index contributed by atoms with van der Waals surface area (Å²) in [5.74, 6) is -0.00501. The van der Waals surface area contributed by atoms with Crippen LogP contribution in [0.3, 0.4) is 0 Å². The van der Waals surface area contributed by atoms with Crippen LogP contribution in [0.25, 0.3) is 0 Å². The number of amides is 1. The highest BCUT2D eigenvalue weighted by atomic mass is 35.5. The van der Waals surface area contributed by atoms with Crippen molar-refractivity contribution in [2.45, 2.75) is 50.7 Å². The first kappa shape index (κ1) is 18.9. The first-order valence-corrected chi connectivity index (χ1v) is 7.92. The highest BCUT2D eigenvalue weighted by Crippen LogP contribution is 2.23. The fourth-order valence-corrected chi connectivity index (χ4v) is 2.86. The molecule has 1 aliphatic carbocycles. The van der Waals surface area contributed by atoms with E-state index < -0.39 is 6.10 Å². The molecule has 1 aromatic carbocycles. The molecule has 0 bridgehead atoms. The average molecular weight is 327 g/mol. The molecule has 4 nitrogen and oxygen atoms in total. The molecule has 0 spiro atoms. The first-order valence-electron chi connectivity index (χ1n) is 7.92. The largest absolute Gasteiger partial charge is 0.391 e. The lowest BCUT2D eigenvalue weighted by atomic mass is 9.84. The lowest BCUT2D eigenvalue weighted by molar-refractivity contribution is -0.127. The van der Waals surface area contributed by atoms with Gasteiger partial charge in [-0.3, -0.25) is 4.79 Å². The van der Waals surface area contributed by atoms with E-state index in [4.69, 9.17) is 5.73 Å². The zero-order valence-electron chi connectivity index (χ0n) is 12.9. The van der Waals surface area contributed by atoms with Crippen molar-refractivity contribution in [3.05, 3.63) is 35.9 Å². The minimum absolute atomic E-state index is 0. The minimum Gasteiger partial charge on any atom is -0.391 e. The van der Waals surface area contributed by atoms with Crippen LogP contribution in [-0.4, -0.2) is 29.7 Å². The number of benzene rings is 1. The molecular formula is C17H27ClN2O2. The molecule has 4 N–H and O–H groups in total. The van der Waals surface area contributed by atoms with Crippen LogP contribution in [-0.2, 0) is 11.2 Å². The van der Waals surface area contributed by atoms with Crippen LogP contribution in [0.2, 0.25) is 0 Å². The highest BCUT2D eigenvalue weighted by Gasteiger charge is 2.30. The smallest absolute Gasteiger partial charge is 0.223 e. The molecule has 1 fully saturated rings. The van der Waals surface area contributed by atoms with Crippen LogP contribution in [0.1, 0.15) is 37.7 Å². The quantitative estimate of drug-likeness (QED) is 0.700. The second-order valence-electron chi connectivity index (χ2n) is 5.97. The van der Waals surface area contributed by atoms with Gasteiger partial charge < -0.3 is 16.2 Å². The maximum absolute atomic E-state index is 12.0. The minimum atomic E-state index is -0.535. The molecule has 0 aromatic heterocycles. The predicted octanol–water partition coefficient (Wildman–Crippen LogP) is 2.04. The second kappa shape index (κ2) is 9.82. The summed E-state index contributed by atoms with van der Waals surface area (Å²) in [6.07, 6.45) is 4.58. The Kier molecular flexibility index (Phi) is 8.46. The maximum Gasteiger partial charge on any atom is 0.223 e. The molecule has 0 heterocycles. The summed E-state index contributed by atoms with van der Waals surface area (Å²) in [7, 11) is 0. The van der Waals surface area contributed by atoms with Crippen LogP contribution in [0.4, 0.5) is 0 Å². The topological polar surface area (TPSA) is 75.4 Å². The SMILES string of the molecule is Cl.N[C@@H]1CC[C@H](C(=O)NCCCCc2ccccc2)C[C@H]1O. The van der Waals surface area contributed by atoms with Gasteiger partial charge in [-0.1, -0.05) is 30.3 Å². The molecule has 1 aliphatic rings. The van der Waals surface area contributed by atoms with Crippen LogP contribution in [0, 0.1) is 5.92 Å². The summed E-state index contributed by atoms with van der Waals surface area (Å²) in [6.45, 7) is 0.713. The van der Waals surface area contributed by atoms with E-state index >= 15 is 0 Å². The van der Waals surface area contributed by atoms with Crippen molar-refractivity contribution in [1.29, 1.82) is 0 Å². The summed E-state index contributed by atoms with van der Waals surface area (Å²) in [5, 5.41) is 12.7. The molecular weight excluding hydrogens is 300 g/mol. The lowest BCUT2D eigenvalue weighted by Gasteiger charge is -2.29. The van der Waals surface area contributed by atoms with Crippen LogP contribution >= 0.6 is 12.4 Å². The van der Waals surface area contributed by atoms with Gasteiger partial charge >= 0.3 is 0 Å². The number of aryl methyl sites for hydroxylation is 1. The van der Waals surface area contributed by atoms with Gasteiger partial charge in [0.05, 0.1) is 6.10 Å². The molecule has 1 amide bonds. The molecule has 0 saturated heterocycles. The lowest BCUT2D eigenvalue weighted by Crippen LogP contribution is -2.44.